The van der Waals surface area contributed by atoms with Crippen molar-refractivity contribution in [2.24, 2.45) is 17.3 Å². The average molecular weight is 445 g/mol. The number of esters is 1. The zero-order chi connectivity index (χ0) is 23.7. The second-order valence-electron chi connectivity index (χ2n) is 11.1. The molecule has 2 aromatic rings. The number of rotatable bonds is 3. The number of carbonyl (C=O) groups is 2. The standard InChI is InChI=1S/C29H32O4/c1-16-14-19(18-10-8-7-9-11-18)15-17(2)21(16)23-25(30)24-22(20-12-13-29(24,6)33-20)26(23)32-27(31)28(3,4)5/h7-11,14-15,20,22,24H,12-13H2,1-6H3/t20-,22-,24+,29+/m1/s1. The average Bonchev–Trinajstić information content (AvgIpc) is 3.37. The molecule has 0 aromatic heterocycles. The molecule has 5 rings (SSSR count). The Kier molecular flexibility index (Phi) is 4.95. The zero-order valence-electron chi connectivity index (χ0n) is 20.3. The van der Waals surface area contributed by atoms with Crippen LogP contribution in [0.1, 0.15) is 57.2 Å². The van der Waals surface area contributed by atoms with Gasteiger partial charge in [-0.05, 0) is 82.2 Å². The van der Waals surface area contributed by atoms with Crippen molar-refractivity contribution in [2.45, 2.75) is 66.1 Å². The number of aryl methyl sites for hydroxylation is 2. The molecule has 4 atom stereocenters. The summed E-state index contributed by atoms with van der Waals surface area (Å²) < 4.78 is 12.4. The lowest BCUT2D eigenvalue weighted by molar-refractivity contribution is -0.149. The van der Waals surface area contributed by atoms with E-state index in [-0.39, 0.29) is 29.7 Å². The Bertz CT molecular complexity index is 1160. The fraction of sp³-hybridized carbons (Fsp3) is 0.448. The Hall–Kier alpha value is -2.72. The SMILES string of the molecule is Cc1cc(-c2ccccc2)cc(C)c1C1=C(OC(=O)C(C)(C)C)[C@H]2[C@@H](C1=O)[C@]1(C)CC[C@H]2O1. The van der Waals surface area contributed by atoms with E-state index in [1.165, 1.54) is 0 Å². The molecule has 0 radical (unpaired) electrons. The highest BCUT2D eigenvalue weighted by Crippen LogP contribution is 2.60. The lowest BCUT2D eigenvalue weighted by Crippen LogP contribution is -2.38. The van der Waals surface area contributed by atoms with Crippen molar-refractivity contribution in [3.8, 4) is 11.1 Å². The smallest absolute Gasteiger partial charge is 0.316 e. The quantitative estimate of drug-likeness (QED) is 0.542. The van der Waals surface area contributed by atoms with Crippen molar-refractivity contribution >= 4 is 17.3 Å². The van der Waals surface area contributed by atoms with Gasteiger partial charge in [0.25, 0.3) is 0 Å². The molecule has 33 heavy (non-hydrogen) atoms. The summed E-state index contributed by atoms with van der Waals surface area (Å²) in [6.45, 7) is 11.6. The molecule has 2 fully saturated rings. The predicted molar refractivity (Wildman–Crippen MR) is 128 cm³/mol. The summed E-state index contributed by atoms with van der Waals surface area (Å²) in [5.74, 6) is -0.212. The molecule has 3 aliphatic rings. The van der Waals surface area contributed by atoms with Crippen LogP contribution in [0.4, 0.5) is 0 Å². The first kappa shape index (κ1) is 22.1. The minimum Gasteiger partial charge on any atom is -0.429 e. The van der Waals surface area contributed by atoms with E-state index >= 15 is 0 Å². The Labute approximate surface area is 196 Å². The second-order valence-corrected chi connectivity index (χ2v) is 11.1. The summed E-state index contributed by atoms with van der Waals surface area (Å²) in [5, 5.41) is 0. The predicted octanol–water partition coefficient (Wildman–Crippen LogP) is 6.04. The van der Waals surface area contributed by atoms with Gasteiger partial charge in [0.05, 0.1) is 34.5 Å². The zero-order valence-corrected chi connectivity index (χ0v) is 20.3. The molecule has 0 spiro atoms. The number of fused-ring (bicyclic) bond motifs is 5. The van der Waals surface area contributed by atoms with Crippen LogP contribution < -0.4 is 0 Å². The van der Waals surface area contributed by atoms with E-state index in [1.807, 2.05) is 59.7 Å². The summed E-state index contributed by atoms with van der Waals surface area (Å²) in [5.41, 5.74) is 4.61. The molecular weight excluding hydrogens is 412 g/mol. The number of ether oxygens (including phenoxy) is 2. The highest BCUT2D eigenvalue weighted by Gasteiger charge is 2.65. The number of carbonyl (C=O) groups excluding carboxylic acids is 2. The fourth-order valence-corrected chi connectivity index (χ4v) is 5.95. The van der Waals surface area contributed by atoms with Crippen molar-refractivity contribution < 1.29 is 19.1 Å². The molecule has 2 heterocycles. The highest BCUT2D eigenvalue weighted by atomic mass is 16.6. The van der Waals surface area contributed by atoms with Crippen LogP contribution in [0.3, 0.4) is 0 Å². The Balaban J connectivity index is 1.67. The Morgan fingerprint density at radius 3 is 2.30 bits per heavy atom. The number of benzene rings is 2. The third-order valence-corrected chi connectivity index (χ3v) is 7.55. The van der Waals surface area contributed by atoms with Gasteiger partial charge in [-0.1, -0.05) is 42.5 Å². The third-order valence-electron chi connectivity index (χ3n) is 7.55. The molecule has 2 bridgehead atoms. The van der Waals surface area contributed by atoms with Crippen molar-refractivity contribution in [3.05, 3.63) is 64.9 Å². The number of hydrogen-bond acceptors (Lipinski definition) is 4. The van der Waals surface area contributed by atoms with Crippen LogP contribution in [0, 0.1) is 31.1 Å². The van der Waals surface area contributed by atoms with Gasteiger partial charge in [0.15, 0.2) is 5.78 Å². The molecule has 2 aliphatic heterocycles. The van der Waals surface area contributed by atoms with Crippen LogP contribution in [0.25, 0.3) is 16.7 Å². The first-order chi connectivity index (χ1) is 15.5. The molecule has 0 saturated carbocycles. The maximum atomic E-state index is 14.0. The minimum absolute atomic E-state index is 0.0556. The van der Waals surface area contributed by atoms with E-state index < -0.39 is 11.0 Å². The number of hydrogen-bond donors (Lipinski definition) is 0. The van der Waals surface area contributed by atoms with Crippen LogP contribution in [-0.2, 0) is 19.1 Å². The minimum atomic E-state index is -0.664. The lowest BCUT2D eigenvalue weighted by atomic mass is 9.73. The molecule has 0 amide bonds. The topological polar surface area (TPSA) is 52.6 Å². The molecule has 0 unspecified atom stereocenters. The van der Waals surface area contributed by atoms with Crippen LogP contribution in [-0.4, -0.2) is 23.5 Å². The van der Waals surface area contributed by atoms with Crippen molar-refractivity contribution in [1.82, 2.24) is 0 Å². The van der Waals surface area contributed by atoms with Gasteiger partial charge >= 0.3 is 5.97 Å². The van der Waals surface area contributed by atoms with Gasteiger partial charge in [0.1, 0.15) is 5.76 Å². The van der Waals surface area contributed by atoms with Gasteiger partial charge in [-0.3, -0.25) is 9.59 Å². The van der Waals surface area contributed by atoms with Gasteiger partial charge in [-0.2, -0.15) is 0 Å². The number of Topliss-reactive ketones (excluding diaryl/α,β-unsaturated/α-hetero) is 1. The first-order valence-corrected chi connectivity index (χ1v) is 11.9. The molecule has 2 saturated heterocycles. The molecule has 4 nitrogen and oxygen atoms in total. The van der Waals surface area contributed by atoms with Gasteiger partial charge in [0, 0.05) is 0 Å². The fourth-order valence-electron chi connectivity index (χ4n) is 5.95. The second kappa shape index (κ2) is 7.39. The van der Waals surface area contributed by atoms with Crippen LogP contribution in [0.2, 0.25) is 0 Å². The van der Waals surface area contributed by atoms with Crippen LogP contribution in [0.15, 0.2) is 48.2 Å². The normalized spacial score (nSPS) is 28.4. The molecule has 0 N–H and O–H groups in total. The molecule has 4 heteroatoms. The maximum absolute atomic E-state index is 14.0. The summed E-state index contributed by atoms with van der Waals surface area (Å²) in [6, 6.07) is 14.5. The molecule has 2 aromatic carbocycles. The maximum Gasteiger partial charge on any atom is 0.316 e. The van der Waals surface area contributed by atoms with E-state index in [0.29, 0.717) is 11.3 Å². The number of ketones is 1. The molecule has 172 valence electrons. The van der Waals surface area contributed by atoms with Gasteiger partial charge in [-0.25, -0.2) is 0 Å². The third kappa shape index (κ3) is 3.38. The van der Waals surface area contributed by atoms with E-state index in [1.54, 1.807) is 0 Å². The first-order valence-electron chi connectivity index (χ1n) is 11.9. The van der Waals surface area contributed by atoms with Crippen LogP contribution in [0.5, 0.6) is 0 Å². The summed E-state index contributed by atoms with van der Waals surface area (Å²) in [7, 11) is 0. The Morgan fingerprint density at radius 1 is 1.06 bits per heavy atom. The summed E-state index contributed by atoms with van der Waals surface area (Å²) in [6.07, 6.45) is 1.68. The summed E-state index contributed by atoms with van der Waals surface area (Å²) >= 11 is 0. The van der Waals surface area contributed by atoms with Gasteiger partial charge in [-0.15, -0.1) is 0 Å². The summed E-state index contributed by atoms with van der Waals surface area (Å²) in [4.78, 5) is 26.9. The van der Waals surface area contributed by atoms with Crippen LogP contribution >= 0.6 is 0 Å². The van der Waals surface area contributed by atoms with E-state index in [2.05, 4.69) is 24.3 Å². The molecule has 1 aliphatic carbocycles. The van der Waals surface area contributed by atoms with E-state index in [0.717, 1.165) is 40.7 Å². The largest absolute Gasteiger partial charge is 0.429 e. The number of allylic oxidation sites excluding steroid dienone is 1. The van der Waals surface area contributed by atoms with Gasteiger partial charge in [0.2, 0.25) is 0 Å². The highest BCUT2D eigenvalue weighted by molar-refractivity contribution is 6.26. The van der Waals surface area contributed by atoms with Crippen molar-refractivity contribution in [3.63, 3.8) is 0 Å². The van der Waals surface area contributed by atoms with Crippen molar-refractivity contribution in [2.75, 3.05) is 0 Å². The monoisotopic (exact) mass is 444 g/mol. The van der Waals surface area contributed by atoms with Gasteiger partial charge < -0.3 is 9.47 Å². The Morgan fingerprint density at radius 2 is 1.70 bits per heavy atom. The lowest BCUT2D eigenvalue weighted by Gasteiger charge is -2.28. The van der Waals surface area contributed by atoms with E-state index in [4.69, 9.17) is 9.47 Å². The van der Waals surface area contributed by atoms with Crippen molar-refractivity contribution in [1.29, 1.82) is 0 Å². The van der Waals surface area contributed by atoms with E-state index in [9.17, 15) is 9.59 Å². The molecular formula is C29H32O4.